The van der Waals surface area contributed by atoms with Crippen LogP contribution in [0.3, 0.4) is 0 Å². The van der Waals surface area contributed by atoms with E-state index < -0.39 is 5.97 Å². The largest absolute Gasteiger partial charge is 0.478 e. The molecule has 0 saturated heterocycles. The minimum absolute atomic E-state index is 0.411. The van der Waals surface area contributed by atoms with Crippen molar-refractivity contribution in [2.24, 2.45) is 5.92 Å². The predicted molar refractivity (Wildman–Crippen MR) is 73.7 cm³/mol. The minimum atomic E-state index is -0.843. The summed E-state index contributed by atoms with van der Waals surface area (Å²) in [6.45, 7) is 4.19. The van der Waals surface area contributed by atoms with Gasteiger partial charge in [0.1, 0.15) is 0 Å². The Morgan fingerprint density at radius 1 is 1.33 bits per heavy atom. The Labute approximate surface area is 108 Å². The molecular formula is C16H20O2. The second-order valence-corrected chi connectivity index (χ2v) is 5.31. The van der Waals surface area contributed by atoms with Gasteiger partial charge in [0.25, 0.3) is 0 Å². The van der Waals surface area contributed by atoms with E-state index in [1.165, 1.54) is 18.4 Å². The van der Waals surface area contributed by atoms with Crippen LogP contribution in [0.25, 0.3) is 6.08 Å². The van der Waals surface area contributed by atoms with Crippen molar-refractivity contribution >= 4 is 12.0 Å². The van der Waals surface area contributed by atoms with Gasteiger partial charge in [0.2, 0.25) is 0 Å². The zero-order chi connectivity index (χ0) is 13.1. The van der Waals surface area contributed by atoms with E-state index in [0.717, 1.165) is 29.9 Å². The van der Waals surface area contributed by atoms with Crippen LogP contribution in [0.5, 0.6) is 0 Å². The average Bonchev–Trinajstić information content (AvgIpc) is 2.34. The van der Waals surface area contributed by atoms with E-state index in [9.17, 15) is 4.79 Å². The van der Waals surface area contributed by atoms with Gasteiger partial charge in [-0.1, -0.05) is 30.7 Å². The normalized spacial score (nSPS) is 19.7. The van der Waals surface area contributed by atoms with Crippen molar-refractivity contribution in [3.05, 3.63) is 40.5 Å². The summed E-state index contributed by atoms with van der Waals surface area (Å²) >= 11 is 0. The molecule has 0 spiro atoms. The first-order valence-electron chi connectivity index (χ1n) is 6.60. The monoisotopic (exact) mass is 244 g/mol. The molecule has 2 heteroatoms. The lowest BCUT2D eigenvalue weighted by Gasteiger charge is -2.20. The van der Waals surface area contributed by atoms with Gasteiger partial charge in [0, 0.05) is 0 Å². The van der Waals surface area contributed by atoms with E-state index in [1.807, 2.05) is 19.1 Å². The highest BCUT2D eigenvalue weighted by Crippen LogP contribution is 2.30. The molecule has 2 nitrogen and oxygen atoms in total. The van der Waals surface area contributed by atoms with Crippen molar-refractivity contribution in [1.82, 2.24) is 0 Å². The van der Waals surface area contributed by atoms with E-state index in [-0.39, 0.29) is 0 Å². The Kier molecular flexibility index (Phi) is 3.85. The third-order valence-corrected chi connectivity index (χ3v) is 3.88. The second kappa shape index (κ2) is 5.38. The number of hydrogen-bond donors (Lipinski definition) is 1. The predicted octanol–water partition coefficient (Wildman–Crippen LogP) is 4.29. The van der Waals surface area contributed by atoms with Crippen molar-refractivity contribution in [3.63, 3.8) is 0 Å². The van der Waals surface area contributed by atoms with Crippen LogP contribution in [0.2, 0.25) is 0 Å². The van der Waals surface area contributed by atoms with E-state index >= 15 is 0 Å². The van der Waals surface area contributed by atoms with Gasteiger partial charge in [0.15, 0.2) is 0 Å². The number of benzene rings is 1. The Balaban J connectivity index is 2.26. The van der Waals surface area contributed by atoms with Crippen LogP contribution in [0.15, 0.2) is 23.8 Å². The second-order valence-electron chi connectivity index (χ2n) is 5.31. The van der Waals surface area contributed by atoms with Crippen LogP contribution in [-0.2, 0) is 0 Å². The zero-order valence-corrected chi connectivity index (χ0v) is 11.1. The van der Waals surface area contributed by atoms with E-state index in [4.69, 9.17) is 5.11 Å². The Morgan fingerprint density at radius 3 is 2.61 bits per heavy atom. The minimum Gasteiger partial charge on any atom is -0.478 e. The lowest BCUT2D eigenvalue weighted by atomic mass is 9.86. The standard InChI is InChI=1S/C16H20O2/c1-11-6-8-13(9-7-11)10-14-4-3-5-15(12(14)2)16(17)18/h3-5,10-11H,6-9H2,1-2H3,(H,17,18). The first kappa shape index (κ1) is 12.9. The molecule has 1 aliphatic carbocycles. The first-order chi connectivity index (χ1) is 8.58. The van der Waals surface area contributed by atoms with Crippen LogP contribution < -0.4 is 0 Å². The molecule has 1 fully saturated rings. The molecule has 0 atom stereocenters. The molecule has 2 rings (SSSR count). The molecule has 1 saturated carbocycles. The summed E-state index contributed by atoms with van der Waals surface area (Å²) < 4.78 is 0. The van der Waals surface area contributed by atoms with Crippen LogP contribution in [0.4, 0.5) is 0 Å². The van der Waals surface area contributed by atoms with Crippen LogP contribution in [-0.4, -0.2) is 11.1 Å². The molecule has 0 aliphatic heterocycles. The van der Waals surface area contributed by atoms with E-state index in [0.29, 0.717) is 5.56 Å². The maximum Gasteiger partial charge on any atom is 0.335 e. The molecule has 96 valence electrons. The molecule has 0 unspecified atom stereocenters. The Bertz CT molecular complexity index is 476. The fourth-order valence-electron chi connectivity index (χ4n) is 2.54. The molecule has 1 aromatic carbocycles. The summed E-state index contributed by atoms with van der Waals surface area (Å²) in [7, 11) is 0. The number of aromatic carboxylic acids is 1. The number of carboxylic acids is 1. The summed E-state index contributed by atoms with van der Waals surface area (Å²) in [6, 6.07) is 5.50. The molecule has 0 radical (unpaired) electrons. The maximum atomic E-state index is 11.1. The van der Waals surface area contributed by atoms with Crippen molar-refractivity contribution in [2.75, 3.05) is 0 Å². The van der Waals surface area contributed by atoms with Gasteiger partial charge in [-0.25, -0.2) is 4.79 Å². The third-order valence-electron chi connectivity index (χ3n) is 3.88. The summed E-state index contributed by atoms with van der Waals surface area (Å²) in [5, 5.41) is 9.11. The molecule has 0 amide bonds. The van der Waals surface area contributed by atoms with Gasteiger partial charge < -0.3 is 5.11 Å². The highest BCUT2D eigenvalue weighted by Gasteiger charge is 2.13. The van der Waals surface area contributed by atoms with E-state index in [1.54, 1.807) is 6.07 Å². The highest BCUT2D eigenvalue weighted by molar-refractivity contribution is 5.90. The van der Waals surface area contributed by atoms with Gasteiger partial charge in [-0.15, -0.1) is 0 Å². The topological polar surface area (TPSA) is 37.3 Å². The highest BCUT2D eigenvalue weighted by atomic mass is 16.4. The van der Waals surface area contributed by atoms with Crippen LogP contribution in [0.1, 0.15) is 54.1 Å². The Hall–Kier alpha value is -1.57. The van der Waals surface area contributed by atoms with Crippen LogP contribution in [0, 0.1) is 12.8 Å². The molecule has 0 heterocycles. The molecular weight excluding hydrogens is 224 g/mol. The van der Waals surface area contributed by atoms with Crippen molar-refractivity contribution in [2.45, 2.75) is 39.5 Å². The molecule has 18 heavy (non-hydrogen) atoms. The van der Waals surface area contributed by atoms with Gasteiger partial charge >= 0.3 is 5.97 Å². The summed E-state index contributed by atoms with van der Waals surface area (Å²) in [5.74, 6) is -0.0152. The SMILES string of the molecule is Cc1c(C=C2CCC(C)CC2)cccc1C(=O)O. The Morgan fingerprint density at radius 2 is 2.00 bits per heavy atom. The first-order valence-corrected chi connectivity index (χ1v) is 6.60. The van der Waals surface area contributed by atoms with Gasteiger partial charge in [-0.05, 0) is 55.7 Å². The van der Waals surface area contributed by atoms with E-state index in [2.05, 4.69) is 13.0 Å². The number of allylic oxidation sites excluding steroid dienone is 1. The zero-order valence-electron chi connectivity index (χ0n) is 11.1. The number of hydrogen-bond acceptors (Lipinski definition) is 1. The van der Waals surface area contributed by atoms with Gasteiger partial charge in [0.05, 0.1) is 5.56 Å². The molecule has 0 aromatic heterocycles. The van der Waals surface area contributed by atoms with Gasteiger partial charge in [-0.2, -0.15) is 0 Å². The van der Waals surface area contributed by atoms with Crippen LogP contribution >= 0.6 is 0 Å². The van der Waals surface area contributed by atoms with Gasteiger partial charge in [-0.3, -0.25) is 0 Å². The van der Waals surface area contributed by atoms with Crippen molar-refractivity contribution < 1.29 is 9.90 Å². The quantitative estimate of drug-likeness (QED) is 0.842. The number of carboxylic acid groups (broad SMARTS) is 1. The average molecular weight is 244 g/mol. The fourth-order valence-corrected chi connectivity index (χ4v) is 2.54. The molecule has 1 N–H and O–H groups in total. The van der Waals surface area contributed by atoms with Crippen molar-refractivity contribution in [3.8, 4) is 0 Å². The number of carbonyl (C=O) groups is 1. The summed E-state index contributed by atoms with van der Waals surface area (Å²) in [4.78, 5) is 11.1. The maximum absolute atomic E-state index is 11.1. The molecule has 1 aliphatic rings. The summed E-state index contributed by atoms with van der Waals surface area (Å²) in [5.41, 5.74) is 3.79. The lowest BCUT2D eigenvalue weighted by Crippen LogP contribution is -2.04. The smallest absolute Gasteiger partial charge is 0.335 e. The molecule has 1 aromatic rings. The van der Waals surface area contributed by atoms with Crippen molar-refractivity contribution in [1.29, 1.82) is 0 Å². The fraction of sp³-hybridized carbons (Fsp3) is 0.438. The third kappa shape index (κ3) is 2.81. The number of rotatable bonds is 2. The lowest BCUT2D eigenvalue weighted by molar-refractivity contribution is 0.0696. The molecule has 0 bridgehead atoms. The summed E-state index contributed by atoms with van der Waals surface area (Å²) in [6.07, 6.45) is 7.00.